The molecule has 3 nitrogen and oxygen atoms in total. The molecule has 0 aliphatic carbocycles. The molecule has 3 aromatic rings. The average molecular weight is 390 g/mol. The molecule has 1 aliphatic heterocycles. The zero-order chi connectivity index (χ0) is 19.0. The van der Waals surface area contributed by atoms with Gasteiger partial charge < -0.3 is 4.90 Å². The van der Waals surface area contributed by atoms with Crippen molar-refractivity contribution in [3.05, 3.63) is 76.8 Å². The van der Waals surface area contributed by atoms with Gasteiger partial charge in [-0.25, -0.2) is 4.98 Å². The van der Waals surface area contributed by atoms with E-state index in [9.17, 15) is 13.2 Å². The lowest BCUT2D eigenvalue weighted by atomic mass is 10.0. The highest BCUT2D eigenvalue weighted by Gasteiger charge is 2.32. The van der Waals surface area contributed by atoms with Crippen LogP contribution in [0.1, 0.15) is 17.0 Å². The SMILES string of the molecule is FC(F)(F)c1cccc(CN2CCc3ccc(-c4ccncc4Cl)cc32)n1. The summed E-state index contributed by atoms with van der Waals surface area (Å²) in [6.45, 7) is 1.06. The molecule has 0 saturated carbocycles. The Morgan fingerprint density at radius 2 is 1.96 bits per heavy atom. The van der Waals surface area contributed by atoms with E-state index in [0.29, 0.717) is 17.3 Å². The van der Waals surface area contributed by atoms with Crippen LogP contribution in [0, 0.1) is 0 Å². The van der Waals surface area contributed by atoms with Crippen molar-refractivity contribution in [1.29, 1.82) is 0 Å². The van der Waals surface area contributed by atoms with Crippen LogP contribution in [-0.2, 0) is 19.1 Å². The van der Waals surface area contributed by atoms with E-state index in [1.807, 2.05) is 24.3 Å². The second-order valence-electron chi connectivity index (χ2n) is 6.38. The maximum absolute atomic E-state index is 12.9. The molecule has 0 radical (unpaired) electrons. The molecule has 7 heteroatoms. The van der Waals surface area contributed by atoms with Crippen LogP contribution in [0.15, 0.2) is 54.9 Å². The number of hydrogen-bond acceptors (Lipinski definition) is 3. The van der Waals surface area contributed by atoms with E-state index in [2.05, 4.69) is 14.9 Å². The summed E-state index contributed by atoms with van der Waals surface area (Å²) in [7, 11) is 0. The number of pyridine rings is 2. The molecule has 27 heavy (non-hydrogen) atoms. The van der Waals surface area contributed by atoms with E-state index in [4.69, 9.17) is 11.6 Å². The van der Waals surface area contributed by atoms with Crippen molar-refractivity contribution in [3.8, 4) is 11.1 Å². The highest BCUT2D eigenvalue weighted by atomic mass is 35.5. The van der Waals surface area contributed by atoms with Crippen molar-refractivity contribution in [2.24, 2.45) is 0 Å². The van der Waals surface area contributed by atoms with Crippen molar-refractivity contribution in [1.82, 2.24) is 9.97 Å². The van der Waals surface area contributed by atoms with Crippen LogP contribution in [0.25, 0.3) is 11.1 Å². The Hall–Kier alpha value is -2.60. The van der Waals surface area contributed by atoms with Gasteiger partial charge in [-0.1, -0.05) is 29.8 Å². The molecule has 0 spiro atoms. The third-order valence-electron chi connectivity index (χ3n) is 4.61. The summed E-state index contributed by atoms with van der Waals surface area (Å²) in [5.41, 5.74) is 3.51. The number of benzene rings is 1. The van der Waals surface area contributed by atoms with Crippen LogP contribution in [0.5, 0.6) is 0 Å². The molecule has 4 rings (SSSR count). The Bertz CT molecular complexity index is 988. The van der Waals surface area contributed by atoms with E-state index >= 15 is 0 Å². The van der Waals surface area contributed by atoms with Crippen LogP contribution in [0.2, 0.25) is 5.02 Å². The quantitative estimate of drug-likeness (QED) is 0.602. The summed E-state index contributed by atoms with van der Waals surface area (Å²) in [6.07, 6.45) is -0.323. The van der Waals surface area contributed by atoms with Gasteiger partial charge in [0, 0.05) is 30.2 Å². The van der Waals surface area contributed by atoms with E-state index in [1.54, 1.807) is 18.5 Å². The molecule has 0 N–H and O–H groups in total. The number of anilines is 1. The van der Waals surface area contributed by atoms with Gasteiger partial charge in [0.15, 0.2) is 0 Å². The van der Waals surface area contributed by atoms with Crippen molar-refractivity contribution in [2.45, 2.75) is 19.1 Å². The predicted molar refractivity (Wildman–Crippen MR) is 98.7 cm³/mol. The van der Waals surface area contributed by atoms with Crippen LogP contribution in [-0.4, -0.2) is 16.5 Å². The first kappa shape index (κ1) is 17.8. The van der Waals surface area contributed by atoms with Crippen molar-refractivity contribution >= 4 is 17.3 Å². The molecule has 138 valence electrons. The number of aromatic nitrogens is 2. The molecule has 0 unspecified atom stereocenters. The van der Waals surface area contributed by atoms with E-state index in [-0.39, 0.29) is 0 Å². The molecule has 2 aromatic heterocycles. The van der Waals surface area contributed by atoms with Crippen LogP contribution in [0.4, 0.5) is 18.9 Å². The molecule has 1 aromatic carbocycles. The molecular formula is C20H15ClF3N3. The Labute approximate surface area is 159 Å². The lowest BCUT2D eigenvalue weighted by molar-refractivity contribution is -0.141. The first-order valence-corrected chi connectivity index (χ1v) is 8.80. The minimum absolute atomic E-state index is 0.324. The smallest absolute Gasteiger partial charge is 0.365 e. The summed E-state index contributed by atoms with van der Waals surface area (Å²) < 4.78 is 38.7. The lowest BCUT2D eigenvalue weighted by Crippen LogP contribution is -2.21. The minimum atomic E-state index is -4.44. The highest BCUT2D eigenvalue weighted by Crippen LogP contribution is 2.36. The van der Waals surface area contributed by atoms with Gasteiger partial charge >= 0.3 is 6.18 Å². The van der Waals surface area contributed by atoms with E-state index < -0.39 is 11.9 Å². The molecular weight excluding hydrogens is 375 g/mol. The van der Waals surface area contributed by atoms with Gasteiger partial charge in [0.1, 0.15) is 5.69 Å². The minimum Gasteiger partial charge on any atom is -0.365 e. The first-order valence-electron chi connectivity index (χ1n) is 8.43. The predicted octanol–water partition coefficient (Wildman–Crippen LogP) is 5.38. The number of nitrogens with zero attached hydrogens (tertiary/aromatic N) is 3. The Morgan fingerprint density at radius 3 is 2.74 bits per heavy atom. The molecule has 0 amide bonds. The zero-order valence-corrected chi connectivity index (χ0v) is 14.9. The molecule has 0 atom stereocenters. The number of hydrogen-bond donors (Lipinski definition) is 0. The fourth-order valence-corrected chi connectivity index (χ4v) is 3.54. The maximum atomic E-state index is 12.9. The van der Waals surface area contributed by atoms with E-state index in [1.165, 1.54) is 6.07 Å². The van der Waals surface area contributed by atoms with Gasteiger partial charge in [0.25, 0.3) is 0 Å². The summed E-state index contributed by atoms with van der Waals surface area (Å²) in [5.74, 6) is 0. The lowest BCUT2D eigenvalue weighted by Gasteiger charge is -2.20. The van der Waals surface area contributed by atoms with Gasteiger partial charge in [0.2, 0.25) is 0 Å². The zero-order valence-electron chi connectivity index (χ0n) is 14.2. The van der Waals surface area contributed by atoms with Crippen LogP contribution >= 0.6 is 11.6 Å². The summed E-state index contributed by atoms with van der Waals surface area (Å²) in [4.78, 5) is 9.83. The number of halogens is 4. The van der Waals surface area contributed by atoms with E-state index in [0.717, 1.165) is 41.4 Å². The van der Waals surface area contributed by atoms with Crippen molar-refractivity contribution < 1.29 is 13.2 Å². The van der Waals surface area contributed by atoms with Gasteiger partial charge in [-0.3, -0.25) is 4.98 Å². The summed E-state index contributed by atoms with van der Waals surface area (Å²) in [6, 6.07) is 11.9. The third-order valence-corrected chi connectivity index (χ3v) is 4.91. The topological polar surface area (TPSA) is 29.0 Å². The third kappa shape index (κ3) is 3.62. The number of alkyl halides is 3. The largest absolute Gasteiger partial charge is 0.433 e. The molecule has 1 aliphatic rings. The monoisotopic (exact) mass is 389 g/mol. The average Bonchev–Trinajstić information content (AvgIpc) is 3.04. The normalized spacial score (nSPS) is 13.7. The Kier molecular flexibility index (Phi) is 4.52. The Morgan fingerprint density at radius 1 is 1.11 bits per heavy atom. The summed E-state index contributed by atoms with van der Waals surface area (Å²) in [5, 5.41) is 0.557. The van der Waals surface area contributed by atoms with Crippen molar-refractivity contribution in [3.63, 3.8) is 0 Å². The second kappa shape index (κ2) is 6.85. The molecule has 0 saturated heterocycles. The standard InChI is InChI=1S/C20H15ClF3N3/c21-17-11-25-8-6-16(17)14-5-4-13-7-9-27(18(13)10-14)12-15-2-1-3-19(26-15)20(22,23)24/h1-6,8,10-11H,7,9,12H2. The Balaban J connectivity index is 1.64. The van der Waals surface area contributed by atoms with Gasteiger partial charge in [-0.15, -0.1) is 0 Å². The van der Waals surface area contributed by atoms with Crippen LogP contribution in [0.3, 0.4) is 0 Å². The van der Waals surface area contributed by atoms with Gasteiger partial charge in [-0.2, -0.15) is 13.2 Å². The van der Waals surface area contributed by atoms with Gasteiger partial charge in [-0.05, 0) is 41.8 Å². The molecule has 0 bridgehead atoms. The van der Waals surface area contributed by atoms with Gasteiger partial charge in [0.05, 0.1) is 17.3 Å². The summed E-state index contributed by atoms with van der Waals surface area (Å²) >= 11 is 6.24. The first-order chi connectivity index (χ1) is 12.9. The van der Waals surface area contributed by atoms with Crippen LogP contribution < -0.4 is 4.90 Å². The second-order valence-corrected chi connectivity index (χ2v) is 6.79. The number of fused-ring (bicyclic) bond motifs is 1. The van der Waals surface area contributed by atoms with Crippen molar-refractivity contribution in [2.75, 3.05) is 11.4 Å². The highest BCUT2D eigenvalue weighted by molar-refractivity contribution is 6.33. The molecule has 0 fully saturated rings. The molecule has 3 heterocycles. The fraction of sp³-hybridized carbons (Fsp3) is 0.200. The maximum Gasteiger partial charge on any atom is 0.433 e. The number of rotatable bonds is 3. The fourth-order valence-electron chi connectivity index (χ4n) is 3.31.